The van der Waals surface area contributed by atoms with Crippen molar-refractivity contribution in [3.8, 4) is 5.75 Å². The molecule has 2 amide bonds. The number of benzene rings is 1. The highest BCUT2D eigenvalue weighted by Crippen LogP contribution is 2.20. The van der Waals surface area contributed by atoms with Crippen LogP contribution in [-0.2, 0) is 14.4 Å². The van der Waals surface area contributed by atoms with Crippen molar-refractivity contribution < 1.29 is 24.2 Å². The standard InChI is InChI=1S/C21H31N3O5/c1-21(2,29-17-8-5-4-6-9-17)20(28)23-11-7-10-18(25)24(16-19(26)27)15-13-22(3)12-14-23/h4-6,8-9H,7,10-16H2,1-3H3,(H,26,27). The van der Waals surface area contributed by atoms with Crippen LogP contribution in [0.15, 0.2) is 30.3 Å². The number of amides is 2. The van der Waals surface area contributed by atoms with Crippen LogP contribution in [-0.4, -0.2) is 89.5 Å². The lowest BCUT2D eigenvalue weighted by Gasteiger charge is -2.33. The van der Waals surface area contributed by atoms with E-state index in [9.17, 15) is 14.4 Å². The molecule has 0 spiro atoms. The van der Waals surface area contributed by atoms with Gasteiger partial charge in [0.25, 0.3) is 5.91 Å². The van der Waals surface area contributed by atoms with Crippen molar-refractivity contribution in [2.75, 3.05) is 46.3 Å². The minimum Gasteiger partial charge on any atom is -0.480 e. The average molecular weight is 405 g/mol. The number of carbonyl (C=O) groups is 3. The summed E-state index contributed by atoms with van der Waals surface area (Å²) in [6.45, 7) is 5.66. The monoisotopic (exact) mass is 405 g/mol. The summed E-state index contributed by atoms with van der Waals surface area (Å²) in [6, 6.07) is 9.21. The first-order valence-electron chi connectivity index (χ1n) is 9.90. The molecule has 0 aliphatic carbocycles. The Hall–Kier alpha value is -2.61. The SMILES string of the molecule is CN1CCN(CC(=O)O)C(=O)CCCN(C(=O)C(C)(C)Oc2ccccc2)CC1. The Bertz CT molecular complexity index is 708. The molecule has 8 heteroatoms. The maximum atomic E-state index is 13.2. The fourth-order valence-corrected chi connectivity index (χ4v) is 3.25. The van der Waals surface area contributed by atoms with Crippen LogP contribution in [0.3, 0.4) is 0 Å². The van der Waals surface area contributed by atoms with E-state index in [0.717, 1.165) is 0 Å². The molecule has 1 aliphatic rings. The summed E-state index contributed by atoms with van der Waals surface area (Å²) in [5, 5.41) is 9.04. The lowest BCUT2D eigenvalue weighted by Crippen LogP contribution is -2.51. The predicted octanol–water partition coefficient (Wildman–Crippen LogP) is 1.31. The molecule has 1 aromatic carbocycles. The normalized spacial score (nSPS) is 17.6. The number of likely N-dealkylation sites (N-methyl/N-ethyl adjacent to an activating group) is 1. The third-order valence-electron chi connectivity index (χ3n) is 4.92. The summed E-state index contributed by atoms with van der Waals surface area (Å²) >= 11 is 0. The molecule has 0 bridgehead atoms. The molecule has 8 nitrogen and oxygen atoms in total. The van der Waals surface area contributed by atoms with Crippen LogP contribution >= 0.6 is 0 Å². The molecule has 1 saturated heterocycles. The Morgan fingerprint density at radius 2 is 1.72 bits per heavy atom. The average Bonchev–Trinajstić information content (AvgIpc) is 2.69. The number of carbonyl (C=O) groups excluding carboxylic acids is 2. The highest BCUT2D eigenvalue weighted by molar-refractivity contribution is 5.85. The van der Waals surface area contributed by atoms with Gasteiger partial charge in [-0.3, -0.25) is 14.4 Å². The van der Waals surface area contributed by atoms with E-state index in [1.165, 1.54) is 4.90 Å². The second-order valence-electron chi connectivity index (χ2n) is 7.83. The summed E-state index contributed by atoms with van der Waals surface area (Å²) in [5.41, 5.74) is -1.04. The van der Waals surface area contributed by atoms with Crippen LogP contribution in [0.1, 0.15) is 26.7 Å². The Morgan fingerprint density at radius 1 is 1.07 bits per heavy atom. The minimum atomic E-state index is -1.04. The van der Waals surface area contributed by atoms with Gasteiger partial charge in [-0.2, -0.15) is 0 Å². The number of carboxylic acid groups (broad SMARTS) is 1. The number of nitrogens with zero attached hydrogens (tertiary/aromatic N) is 3. The number of aliphatic carboxylic acids is 1. The zero-order valence-corrected chi connectivity index (χ0v) is 17.5. The summed E-state index contributed by atoms with van der Waals surface area (Å²) in [5.74, 6) is -0.730. The van der Waals surface area contributed by atoms with Gasteiger partial charge in [0, 0.05) is 39.1 Å². The first-order chi connectivity index (χ1) is 13.7. The largest absolute Gasteiger partial charge is 0.480 e. The number of hydrogen-bond acceptors (Lipinski definition) is 5. The molecule has 1 aliphatic heterocycles. The number of rotatable bonds is 5. The van der Waals surface area contributed by atoms with E-state index in [0.29, 0.717) is 44.9 Å². The van der Waals surface area contributed by atoms with Gasteiger partial charge < -0.3 is 24.5 Å². The maximum Gasteiger partial charge on any atom is 0.323 e. The van der Waals surface area contributed by atoms with Crippen LogP contribution in [0.4, 0.5) is 0 Å². The highest BCUT2D eigenvalue weighted by Gasteiger charge is 2.34. The quantitative estimate of drug-likeness (QED) is 0.794. The highest BCUT2D eigenvalue weighted by atomic mass is 16.5. The van der Waals surface area contributed by atoms with Gasteiger partial charge in [-0.15, -0.1) is 0 Å². The molecule has 0 unspecified atom stereocenters. The van der Waals surface area contributed by atoms with Gasteiger partial charge in [-0.1, -0.05) is 18.2 Å². The van der Waals surface area contributed by atoms with Gasteiger partial charge >= 0.3 is 5.97 Å². The van der Waals surface area contributed by atoms with E-state index in [2.05, 4.69) is 0 Å². The van der Waals surface area contributed by atoms with Crippen molar-refractivity contribution >= 4 is 17.8 Å². The smallest absolute Gasteiger partial charge is 0.323 e. The first-order valence-corrected chi connectivity index (χ1v) is 9.90. The summed E-state index contributed by atoms with van der Waals surface area (Å²) in [6.07, 6.45) is 0.687. The second kappa shape index (κ2) is 10.2. The summed E-state index contributed by atoms with van der Waals surface area (Å²) in [7, 11) is 1.90. The fraction of sp³-hybridized carbons (Fsp3) is 0.571. The van der Waals surface area contributed by atoms with E-state index in [1.54, 1.807) is 18.7 Å². The molecule has 1 heterocycles. The number of hydrogen-bond donors (Lipinski definition) is 1. The molecule has 29 heavy (non-hydrogen) atoms. The van der Waals surface area contributed by atoms with Crippen LogP contribution in [0.2, 0.25) is 0 Å². The Kier molecular flexibility index (Phi) is 8.01. The molecule has 0 aromatic heterocycles. The van der Waals surface area contributed by atoms with E-state index in [-0.39, 0.29) is 24.8 Å². The van der Waals surface area contributed by atoms with Crippen LogP contribution < -0.4 is 4.74 Å². The van der Waals surface area contributed by atoms with Gasteiger partial charge in [0.2, 0.25) is 5.91 Å². The molecular formula is C21H31N3O5. The lowest BCUT2D eigenvalue weighted by atomic mass is 10.1. The van der Waals surface area contributed by atoms with Crippen LogP contribution in [0.5, 0.6) is 5.75 Å². The van der Waals surface area contributed by atoms with Crippen LogP contribution in [0, 0.1) is 0 Å². The van der Waals surface area contributed by atoms with Crippen molar-refractivity contribution in [1.29, 1.82) is 0 Å². The van der Waals surface area contributed by atoms with Crippen molar-refractivity contribution in [1.82, 2.24) is 14.7 Å². The second-order valence-corrected chi connectivity index (χ2v) is 7.83. The topological polar surface area (TPSA) is 90.4 Å². The molecule has 1 aromatic rings. The van der Waals surface area contributed by atoms with Crippen molar-refractivity contribution in [2.45, 2.75) is 32.3 Å². The molecule has 0 radical (unpaired) electrons. The molecule has 0 atom stereocenters. The van der Waals surface area contributed by atoms with Crippen LogP contribution in [0.25, 0.3) is 0 Å². The Balaban J connectivity index is 2.07. The predicted molar refractivity (Wildman–Crippen MR) is 109 cm³/mol. The Labute approximate surface area is 172 Å². The minimum absolute atomic E-state index is 0.135. The zero-order valence-electron chi connectivity index (χ0n) is 17.5. The lowest BCUT2D eigenvalue weighted by molar-refractivity contribution is -0.146. The molecule has 160 valence electrons. The zero-order chi connectivity index (χ0) is 21.4. The third kappa shape index (κ3) is 7.05. The van der Waals surface area contributed by atoms with E-state index in [1.807, 2.05) is 42.3 Å². The number of ether oxygens (including phenoxy) is 1. The van der Waals surface area contributed by atoms with Crippen molar-refractivity contribution in [3.63, 3.8) is 0 Å². The molecule has 2 rings (SSSR count). The van der Waals surface area contributed by atoms with Gasteiger partial charge in [-0.05, 0) is 39.4 Å². The van der Waals surface area contributed by atoms with Gasteiger partial charge in [0.1, 0.15) is 12.3 Å². The van der Waals surface area contributed by atoms with Crippen molar-refractivity contribution in [2.24, 2.45) is 0 Å². The van der Waals surface area contributed by atoms with Gasteiger partial charge in [-0.25, -0.2) is 0 Å². The molecular weight excluding hydrogens is 374 g/mol. The van der Waals surface area contributed by atoms with E-state index >= 15 is 0 Å². The third-order valence-corrected chi connectivity index (χ3v) is 4.92. The Morgan fingerprint density at radius 3 is 2.38 bits per heavy atom. The van der Waals surface area contributed by atoms with E-state index in [4.69, 9.17) is 9.84 Å². The fourth-order valence-electron chi connectivity index (χ4n) is 3.25. The molecule has 1 fully saturated rings. The number of carboxylic acids is 1. The molecule has 0 saturated carbocycles. The summed E-state index contributed by atoms with van der Waals surface area (Å²) in [4.78, 5) is 41.7. The summed E-state index contributed by atoms with van der Waals surface area (Å²) < 4.78 is 5.93. The van der Waals surface area contributed by atoms with Crippen molar-refractivity contribution in [3.05, 3.63) is 30.3 Å². The maximum absolute atomic E-state index is 13.2. The number of para-hydroxylation sites is 1. The first kappa shape index (κ1) is 22.7. The van der Waals surface area contributed by atoms with E-state index < -0.39 is 11.6 Å². The van der Waals surface area contributed by atoms with Gasteiger partial charge in [0.15, 0.2) is 5.60 Å². The molecule has 1 N–H and O–H groups in total. The van der Waals surface area contributed by atoms with Gasteiger partial charge in [0.05, 0.1) is 0 Å².